The standard InChI is InChI=1S/C12H11ClFNO3S2/c13-9-2-1-3-10(14)12(9)15-20(17,18)11-5-4-8(19-11)6-7-16/h1-5,15-16H,6-7H2. The van der Waals surface area contributed by atoms with Crippen LogP contribution in [0, 0.1) is 5.82 Å². The molecular weight excluding hydrogens is 325 g/mol. The number of thiophene rings is 1. The summed E-state index contributed by atoms with van der Waals surface area (Å²) in [6.07, 6.45) is 0.376. The van der Waals surface area contributed by atoms with Crippen molar-refractivity contribution in [2.45, 2.75) is 10.6 Å². The number of halogens is 2. The summed E-state index contributed by atoms with van der Waals surface area (Å²) in [5.74, 6) is -0.742. The molecule has 0 saturated carbocycles. The summed E-state index contributed by atoms with van der Waals surface area (Å²) in [4.78, 5) is 0.729. The molecule has 2 N–H and O–H groups in total. The third-order valence-electron chi connectivity index (χ3n) is 2.46. The molecule has 20 heavy (non-hydrogen) atoms. The molecule has 0 unspecified atom stereocenters. The van der Waals surface area contributed by atoms with E-state index in [1.165, 1.54) is 18.2 Å². The van der Waals surface area contributed by atoms with Gasteiger partial charge in [-0.3, -0.25) is 4.72 Å². The lowest BCUT2D eigenvalue weighted by Gasteiger charge is -2.08. The molecule has 1 aromatic carbocycles. The zero-order chi connectivity index (χ0) is 14.8. The van der Waals surface area contributed by atoms with Gasteiger partial charge < -0.3 is 5.11 Å². The molecule has 2 rings (SSSR count). The number of nitrogens with one attached hydrogen (secondary N) is 1. The summed E-state index contributed by atoms with van der Waals surface area (Å²) in [6.45, 7) is -0.0629. The molecule has 0 bridgehead atoms. The number of aliphatic hydroxyl groups excluding tert-OH is 1. The van der Waals surface area contributed by atoms with Crippen LogP contribution in [0.3, 0.4) is 0 Å². The fourth-order valence-electron chi connectivity index (χ4n) is 1.53. The van der Waals surface area contributed by atoms with Gasteiger partial charge in [0.2, 0.25) is 0 Å². The van der Waals surface area contributed by atoms with Crippen molar-refractivity contribution in [3.05, 3.63) is 46.0 Å². The van der Waals surface area contributed by atoms with E-state index in [4.69, 9.17) is 16.7 Å². The second-order valence-corrected chi connectivity index (χ2v) is 7.38. The van der Waals surface area contributed by atoms with Gasteiger partial charge >= 0.3 is 0 Å². The monoisotopic (exact) mass is 335 g/mol. The lowest BCUT2D eigenvalue weighted by molar-refractivity contribution is 0.300. The second kappa shape index (κ2) is 6.09. The fraction of sp³-hybridized carbons (Fsp3) is 0.167. The Bertz CT molecular complexity index is 695. The molecule has 1 heterocycles. The van der Waals surface area contributed by atoms with Crippen molar-refractivity contribution in [3.8, 4) is 0 Å². The molecule has 8 heteroatoms. The number of benzene rings is 1. The van der Waals surface area contributed by atoms with Gasteiger partial charge in [-0.05, 0) is 24.3 Å². The van der Waals surface area contributed by atoms with Crippen LogP contribution in [0.1, 0.15) is 4.88 Å². The van der Waals surface area contributed by atoms with E-state index in [0.29, 0.717) is 6.42 Å². The Hall–Kier alpha value is -1.15. The lowest BCUT2D eigenvalue weighted by atomic mass is 10.3. The third kappa shape index (κ3) is 3.29. The van der Waals surface area contributed by atoms with Crippen LogP contribution in [0.15, 0.2) is 34.5 Å². The van der Waals surface area contributed by atoms with Gasteiger partial charge in [-0.1, -0.05) is 17.7 Å². The van der Waals surface area contributed by atoms with Crippen LogP contribution in [0.2, 0.25) is 5.02 Å². The van der Waals surface area contributed by atoms with Gasteiger partial charge in [0.15, 0.2) is 0 Å². The Labute approximate surface area is 124 Å². The number of hydrogen-bond donors (Lipinski definition) is 2. The molecule has 0 atom stereocenters. The Morgan fingerprint density at radius 1 is 1.30 bits per heavy atom. The molecule has 0 amide bonds. The topological polar surface area (TPSA) is 66.4 Å². The predicted molar refractivity (Wildman–Crippen MR) is 77.3 cm³/mol. The number of aliphatic hydroxyl groups is 1. The average molecular weight is 336 g/mol. The normalized spacial score (nSPS) is 11.6. The van der Waals surface area contributed by atoms with Gasteiger partial charge in [-0.25, -0.2) is 12.8 Å². The summed E-state index contributed by atoms with van der Waals surface area (Å²) in [7, 11) is -3.89. The van der Waals surface area contributed by atoms with Crippen molar-refractivity contribution >= 4 is 38.6 Å². The van der Waals surface area contributed by atoms with Gasteiger partial charge in [0, 0.05) is 17.9 Å². The van der Waals surface area contributed by atoms with Crippen LogP contribution in [0.5, 0.6) is 0 Å². The van der Waals surface area contributed by atoms with E-state index in [1.54, 1.807) is 6.07 Å². The van der Waals surface area contributed by atoms with E-state index >= 15 is 0 Å². The Kier molecular flexibility index (Phi) is 4.64. The quantitative estimate of drug-likeness (QED) is 0.883. The van der Waals surface area contributed by atoms with Gasteiger partial charge in [-0.2, -0.15) is 0 Å². The molecule has 108 valence electrons. The first kappa shape index (κ1) is 15.2. The highest BCUT2D eigenvalue weighted by molar-refractivity contribution is 7.94. The molecule has 0 aliphatic rings. The fourth-order valence-corrected chi connectivity index (χ4v) is 4.23. The van der Waals surface area contributed by atoms with Gasteiger partial charge in [-0.15, -0.1) is 11.3 Å². The van der Waals surface area contributed by atoms with Gasteiger partial charge in [0.25, 0.3) is 10.0 Å². The van der Waals surface area contributed by atoms with Crippen LogP contribution >= 0.6 is 22.9 Å². The number of hydrogen-bond acceptors (Lipinski definition) is 4. The first-order chi connectivity index (χ1) is 9.44. The summed E-state index contributed by atoms with van der Waals surface area (Å²) < 4.78 is 40.0. The minimum atomic E-state index is -3.89. The van der Waals surface area contributed by atoms with Crippen LogP contribution < -0.4 is 4.72 Å². The molecule has 0 radical (unpaired) electrons. The number of sulfonamides is 1. The minimum absolute atomic E-state index is 0.0132. The Morgan fingerprint density at radius 3 is 2.70 bits per heavy atom. The number of para-hydroxylation sites is 1. The zero-order valence-corrected chi connectivity index (χ0v) is 12.5. The maximum atomic E-state index is 13.6. The molecule has 0 aliphatic heterocycles. The van der Waals surface area contributed by atoms with Crippen molar-refractivity contribution in [2.75, 3.05) is 11.3 Å². The SMILES string of the molecule is O=S(=O)(Nc1c(F)cccc1Cl)c1ccc(CCO)s1. The molecule has 4 nitrogen and oxygen atoms in total. The van der Waals surface area contributed by atoms with Crippen molar-refractivity contribution in [1.82, 2.24) is 0 Å². The molecule has 0 aliphatic carbocycles. The van der Waals surface area contributed by atoms with Crippen LogP contribution in [0.25, 0.3) is 0 Å². The van der Waals surface area contributed by atoms with Crippen molar-refractivity contribution < 1.29 is 17.9 Å². The maximum Gasteiger partial charge on any atom is 0.271 e. The van der Waals surface area contributed by atoms with Gasteiger partial charge in [0.1, 0.15) is 15.7 Å². The highest BCUT2D eigenvalue weighted by Crippen LogP contribution is 2.29. The first-order valence-corrected chi connectivity index (χ1v) is 8.28. The third-order valence-corrected chi connectivity index (χ3v) is 5.76. The predicted octanol–water partition coefficient (Wildman–Crippen LogP) is 2.88. The zero-order valence-electron chi connectivity index (χ0n) is 10.1. The number of anilines is 1. The smallest absolute Gasteiger partial charge is 0.271 e. The maximum absolute atomic E-state index is 13.6. The van der Waals surface area contributed by atoms with Crippen molar-refractivity contribution in [2.24, 2.45) is 0 Å². The van der Waals surface area contributed by atoms with Crippen LogP contribution in [-0.4, -0.2) is 20.1 Å². The summed E-state index contributed by atoms with van der Waals surface area (Å²) in [6, 6.07) is 6.93. The van der Waals surface area contributed by atoms with Crippen molar-refractivity contribution in [1.29, 1.82) is 0 Å². The van der Waals surface area contributed by atoms with E-state index in [9.17, 15) is 12.8 Å². The Morgan fingerprint density at radius 2 is 2.05 bits per heavy atom. The molecule has 2 aromatic rings. The minimum Gasteiger partial charge on any atom is -0.396 e. The van der Waals surface area contributed by atoms with Gasteiger partial charge in [0.05, 0.1) is 5.02 Å². The average Bonchev–Trinajstić information content (AvgIpc) is 2.84. The highest BCUT2D eigenvalue weighted by Gasteiger charge is 2.20. The van der Waals surface area contributed by atoms with Crippen molar-refractivity contribution in [3.63, 3.8) is 0 Å². The second-order valence-electron chi connectivity index (χ2n) is 3.90. The highest BCUT2D eigenvalue weighted by atomic mass is 35.5. The molecule has 0 spiro atoms. The van der Waals surface area contributed by atoms with Crippen LogP contribution in [0.4, 0.5) is 10.1 Å². The summed E-state index contributed by atoms with van der Waals surface area (Å²) >= 11 is 6.80. The summed E-state index contributed by atoms with van der Waals surface area (Å²) in [5.41, 5.74) is -0.272. The first-order valence-electron chi connectivity index (χ1n) is 5.60. The molecule has 1 aromatic heterocycles. The lowest BCUT2D eigenvalue weighted by Crippen LogP contribution is -2.13. The summed E-state index contributed by atoms with van der Waals surface area (Å²) in [5, 5.41) is 8.80. The van der Waals surface area contributed by atoms with E-state index in [2.05, 4.69) is 4.72 Å². The largest absolute Gasteiger partial charge is 0.396 e. The van der Waals surface area contributed by atoms with E-state index in [1.807, 2.05) is 0 Å². The van der Waals surface area contributed by atoms with E-state index in [-0.39, 0.29) is 21.5 Å². The number of rotatable bonds is 5. The molecule has 0 fully saturated rings. The van der Waals surface area contributed by atoms with E-state index < -0.39 is 15.8 Å². The van der Waals surface area contributed by atoms with Crippen LogP contribution in [-0.2, 0) is 16.4 Å². The molecule has 0 saturated heterocycles. The Balaban J connectivity index is 2.31. The van der Waals surface area contributed by atoms with E-state index in [0.717, 1.165) is 22.3 Å². The molecular formula is C12H11ClFNO3S2.